The first-order valence-electron chi connectivity index (χ1n) is 11.7. The van der Waals surface area contributed by atoms with Crippen LogP contribution in [0.2, 0.25) is 0 Å². The Labute approximate surface area is 194 Å². The summed E-state index contributed by atoms with van der Waals surface area (Å²) in [4.78, 5) is 17.3. The highest BCUT2D eigenvalue weighted by atomic mass is 19.1. The van der Waals surface area contributed by atoms with Crippen LogP contribution in [0, 0.1) is 5.82 Å². The van der Waals surface area contributed by atoms with Gasteiger partial charge in [0.25, 0.3) is 5.91 Å². The first-order valence-corrected chi connectivity index (χ1v) is 11.7. The number of carbonyl (C=O) groups excluding carboxylic acids is 1. The fraction of sp³-hybridized carbons (Fsp3) is 0.423. The molecule has 2 aromatic carbocycles. The number of hydrogen-bond donors (Lipinski definition) is 2. The number of benzene rings is 2. The third kappa shape index (κ3) is 5.11. The predicted octanol–water partition coefficient (Wildman–Crippen LogP) is 3.35. The van der Waals surface area contributed by atoms with Gasteiger partial charge < -0.3 is 20.1 Å². The van der Waals surface area contributed by atoms with Crippen molar-refractivity contribution in [2.24, 2.45) is 0 Å². The summed E-state index contributed by atoms with van der Waals surface area (Å²) in [7, 11) is 0. The Hall–Kier alpha value is -2.74. The molecule has 0 radical (unpaired) electrons. The second-order valence-electron chi connectivity index (χ2n) is 8.47. The van der Waals surface area contributed by atoms with E-state index in [-0.39, 0.29) is 18.3 Å². The van der Waals surface area contributed by atoms with Crippen molar-refractivity contribution >= 4 is 22.9 Å². The predicted molar refractivity (Wildman–Crippen MR) is 128 cm³/mol. The van der Waals surface area contributed by atoms with Crippen molar-refractivity contribution in [1.29, 1.82) is 0 Å². The summed E-state index contributed by atoms with van der Waals surface area (Å²) >= 11 is 0. The van der Waals surface area contributed by atoms with Crippen molar-refractivity contribution < 1.29 is 19.0 Å². The largest absolute Gasteiger partial charge is 0.487 e. The number of fused-ring (bicyclic) bond motifs is 2. The van der Waals surface area contributed by atoms with Gasteiger partial charge >= 0.3 is 0 Å². The van der Waals surface area contributed by atoms with Crippen LogP contribution in [-0.2, 0) is 22.6 Å². The Morgan fingerprint density at radius 3 is 2.55 bits per heavy atom. The maximum Gasteiger partial charge on any atom is 0.260 e. The molecule has 7 heteroatoms. The fourth-order valence-electron chi connectivity index (χ4n) is 4.53. The lowest BCUT2D eigenvalue weighted by molar-refractivity contribution is -0.110. The normalized spacial score (nSPS) is 16.8. The lowest BCUT2D eigenvalue weighted by Gasteiger charge is -2.25. The molecular formula is C26H32FN3O3. The monoisotopic (exact) mass is 453 g/mol. The Kier molecular flexibility index (Phi) is 7.42. The van der Waals surface area contributed by atoms with E-state index in [2.05, 4.69) is 41.1 Å². The average molecular weight is 454 g/mol. The molecule has 0 saturated heterocycles. The van der Waals surface area contributed by atoms with Crippen molar-refractivity contribution in [3.63, 3.8) is 0 Å². The molecule has 2 heterocycles. The second-order valence-corrected chi connectivity index (χ2v) is 8.47. The lowest BCUT2D eigenvalue weighted by Crippen LogP contribution is -2.37. The van der Waals surface area contributed by atoms with Gasteiger partial charge in [0.05, 0.1) is 12.2 Å². The van der Waals surface area contributed by atoms with Crippen molar-refractivity contribution in [3.8, 4) is 0 Å². The van der Waals surface area contributed by atoms with Crippen LogP contribution in [0.25, 0.3) is 11.3 Å². The molecule has 0 unspecified atom stereocenters. The number of amides is 1. The number of ether oxygens (including phenoxy) is 1. The van der Waals surface area contributed by atoms with Crippen LogP contribution in [0.4, 0.5) is 10.1 Å². The molecule has 4 rings (SSSR count). The molecule has 0 spiro atoms. The Morgan fingerprint density at radius 1 is 1.00 bits per heavy atom. The number of rotatable bonds is 10. The molecule has 2 aliphatic heterocycles. The SMILES string of the molecule is CCN(CC)CCN(CCO)CCc1ccc2c(c1)CO/C2=C1/C(=O)Nc2ccc(F)cc21. The fourth-order valence-corrected chi connectivity index (χ4v) is 4.53. The Balaban J connectivity index is 1.49. The molecule has 33 heavy (non-hydrogen) atoms. The highest BCUT2D eigenvalue weighted by Gasteiger charge is 2.32. The minimum absolute atomic E-state index is 0.150. The summed E-state index contributed by atoms with van der Waals surface area (Å²) in [6.45, 7) is 10.4. The van der Waals surface area contributed by atoms with Crippen LogP contribution in [0.3, 0.4) is 0 Å². The van der Waals surface area contributed by atoms with Gasteiger partial charge in [0, 0.05) is 48.6 Å². The Bertz CT molecular complexity index is 1050. The number of hydrogen-bond acceptors (Lipinski definition) is 5. The minimum atomic E-state index is -0.384. The van der Waals surface area contributed by atoms with Gasteiger partial charge in [0.2, 0.25) is 0 Å². The molecule has 176 valence electrons. The third-order valence-electron chi connectivity index (χ3n) is 6.50. The molecule has 2 N–H and O–H groups in total. The summed E-state index contributed by atoms with van der Waals surface area (Å²) < 4.78 is 19.7. The van der Waals surface area contributed by atoms with Crippen molar-refractivity contribution in [2.45, 2.75) is 26.9 Å². The molecular weight excluding hydrogens is 421 g/mol. The van der Waals surface area contributed by atoms with E-state index >= 15 is 0 Å². The van der Waals surface area contributed by atoms with Gasteiger partial charge in [-0.05, 0) is 43.3 Å². The maximum absolute atomic E-state index is 13.8. The van der Waals surface area contributed by atoms with Gasteiger partial charge in [0.1, 0.15) is 18.2 Å². The molecule has 1 amide bonds. The van der Waals surface area contributed by atoms with E-state index in [1.165, 1.54) is 17.7 Å². The highest BCUT2D eigenvalue weighted by molar-refractivity contribution is 6.36. The van der Waals surface area contributed by atoms with Crippen molar-refractivity contribution in [3.05, 3.63) is 64.5 Å². The maximum atomic E-state index is 13.8. The molecule has 0 aromatic heterocycles. The second kappa shape index (κ2) is 10.5. The molecule has 6 nitrogen and oxygen atoms in total. The molecule has 0 saturated carbocycles. The first-order chi connectivity index (χ1) is 16.0. The van der Waals surface area contributed by atoms with Gasteiger partial charge in [0.15, 0.2) is 0 Å². The summed E-state index contributed by atoms with van der Waals surface area (Å²) in [6, 6.07) is 10.5. The van der Waals surface area contributed by atoms with Gasteiger partial charge in [-0.3, -0.25) is 9.69 Å². The van der Waals surface area contributed by atoms with Crippen molar-refractivity contribution in [1.82, 2.24) is 9.80 Å². The summed E-state index contributed by atoms with van der Waals surface area (Å²) in [5.41, 5.74) is 4.64. The average Bonchev–Trinajstić information content (AvgIpc) is 3.36. The number of aliphatic hydroxyl groups excluding tert-OH is 1. The van der Waals surface area contributed by atoms with E-state index in [0.29, 0.717) is 35.7 Å². The van der Waals surface area contributed by atoms with Crippen LogP contribution in [0.15, 0.2) is 36.4 Å². The van der Waals surface area contributed by atoms with Gasteiger partial charge in [-0.1, -0.05) is 32.0 Å². The van der Waals surface area contributed by atoms with Crippen LogP contribution in [0.5, 0.6) is 0 Å². The smallest absolute Gasteiger partial charge is 0.260 e. The van der Waals surface area contributed by atoms with Crippen LogP contribution in [0.1, 0.15) is 36.1 Å². The quantitative estimate of drug-likeness (QED) is 0.540. The van der Waals surface area contributed by atoms with E-state index in [9.17, 15) is 14.3 Å². The molecule has 0 atom stereocenters. The third-order valence-corrected chi connectivity index (χ3v) is 6.50. The summed E-state index contributed by atoms with van der Waals surface area (Å²) in [5, 5.41) is 12.2. The Morgan fingerprint density at radius 2 is 1.79 bits per heavy atom. The number of carbonyl (C=O) groups is 1. The highest BCUT2D eigenvalue weighted by Crippen LogP contribution is 2.41. The van der Waals surface area contributed by atoms with Gasteiger partial charge in [-0.2, -0.15) is 0 Å². The number of likely N-dealkylation sites (N-methyl/N-ethyl adjacent to an activating group) is 1. The lowest BCUT2D eigenvalue weighted by atomic mass is 9.98. The summed E-state index contributed by atoms with van der Waals surface area (Å²) in [6.07, 6.45) is 0.867. The number of anilines is 1. The van der Waals surface area contributed by atoms with Crippen LogP contribution in [-0.4, -0.2) is 66.7 Å². The topological polar surface area (TPSA) is 65.0 Å². The number of nitrogens with one attached hydrogen (secondary N) is 1. The molecule has 2 aromatic rings. The molecule has 0 aliphatic carbocycles. The zero-order valence-corrected chi connectivity index (χ0v) is 19.4. The standard InChI is InChI=1S/C26H32FN3O3/c1-3-29(4-2)11-12-30(13-14-31)10-9-18-5-7-21-19(15-18)17-33-25(21)24-22-16-20(27)6-8-23(22)28-26(24)32/h5-8,15-16,31H,3-4,9-14,17H2,1-2H3,(H,28,32)/b25-24+. The molecule has 0 fully saturated rings. The van der Waals surface area contributed by atoms with Crippen LogP contribution < -0.4 is 5.32 Å². The minimum Gasteiger partial charge on any atom is -0.487 e. The zero-order chi connectivity index (χ0) is 23.4. The molecule has 0 bridgehead atoms. The summed E-state index contributed by atoms with van der Waals surface area (Å²) in [5.74, 6) is -0.139. The van der Waals surface area contributed by atoms with E-state index in [1.807, 2.05) is 6.07 Å². The number of nitrogens with zero attached hydrogens (tertiary/aromatic N) is 2. The number of halogens is 1. The van der Waals surface area contributed by atoms with Crippen LogP contribution >= 0.6 is 0 Å². The van der Waals surface area contributed by atoms with E-state index in [1.54, 1.807) is 6.07 Å². The van der Waals surface area contributed by atoms with E-state index in [0.717, 1.165) is 50.3 Å². The number of aliphatic hydroxyl groups is 1. The first kappa shape index (κ1) is 23.4. The molecule has 2 aliphatic rings. The van der Waals surface area contributed by atoms with Gasteiger partial charge in [-0.15, -0.1) is 0 Å². The van der Waals surface area contributed by atoms with E-state index in [4.69, 9.17) is 4.74 Å². The van der Waals surface area contributed by atoms with Crippen molar-refractivity contribution in [2.75, 3.05) is 51.2 Å². The zero-order valence-electron chi connectivity index (χ0n) is 19.4. The van der Waals surface area contributed by atoms with Gasteiger partial charge in [-0.25, -0.2) is 4.39 Å². The van der Waals surface area contributed by atoms with E-state index < -0.39 is 0 Å².